The molecule has 2 N–H and O–H groups in total. The Morgan fingerprint density at radius 1 is 1.26 bits per heavy atom. The van der Waals surface area contributed by atoms with Gasteiger partial charge >= 0.3 is 5.69 Å². The fourth-order valence-electron chi connectivity index (χ4n) is 2.97. The van der Waals surface area contributed by atoms with Crippen LogP contribution < -0.4 is 16.6 Å². The standard InChI is InChI=1S/C20H22N4O3/c1-3-9-24-17-16(19(26)23-20(24)27)10-15(12-21-17)18(25)22-11-13(2)14-7-5-4-6-8-14/h4-8,10,12-13H,3,9,11H2,1-2H3,(H,22,25)(H,23,26,27). The summed E-state index contributed by atoms with van der Waals surface area (Å²) in [6.07, 6.45) is 2.12. The Morgan fingerprint density at radius 3 is 2.70 bits per heavy atom. The zero-order valence-electron chi connectivity index (χ0n) is 15.4. The average molecular weight is 366 g/mol. The number of pyridine rings is 1. The van der Waals surface area contributed by atoms with Gasteiger partial charge in [0.2, 0.25) is 0 Å². The molecule has 1 aromatic carbocycles. The van der Waals surface area contributed by atoms with Gasteiger partial charge in [-0.05, 0) is 24.0 Å². The Morgan fingerprint density at radius 2 is 2.00 bits per heavy atom. The van der Waals surface area contributed by atoms with Crippen LogP contribution in [0.3, 0.4) is 0 Å². The van der Waals surface area contributed by atoms with Crippen molar-refractivity contribution in [3.05, 3.63) is 74.6 Å². The number of nitrogens with one attached hydrogen (secondary N) is 2. The second-order valence-electron chi connectivity index (χ2n) is 6.53. The van der Waals surface area contributed by atoms with Crippen molar-refractivity contribution < 1.29 is 4.79 Å². The summed E-state index contributed by atoms with van der Waals surface area (Å²) in [7, 11) is 0. The molecule has 1 unspecified atom stereocenters. The Kier molecular flexibility index (Phi) is 5.49. The number of fused-ring (bicyclic) bond motifs is 1. The molecule has 1 atom stereocenters. The number of rotatable bonds is 6. The minimum Gasteiger partial charge on any atom is -0.351 e. The normalized spacial score (nSPS) is 12.1. The van der Waals surface area contributed by atoms with Crippen LogP contribution >= 0.6 is 0 Å². The predicted octanol–water partition coefficient (Wildman–Crippen LogP) is 2.03. The third kappa shape index (κ3) is 3.97. The summed E-state index contributed by atoms with van der Waals surface area (Å²) >= 11 is 0. The largest absolute Gasteiger partial charge is 0.351 e. The van der Waals surface area contributed by atoms with Crippen LogP contribution in [0.4, 0.5) is 0 Å². The van der Waals surface area contributed by atoms with E-state index in [-0.39, 0.29) is 22.8 Å². The van der Waals surface area contributed by atoms with Crippen LogP contribution in [0.25, 0.3) is 11.0 Å². The molecular weight excluding hydrogens is 344 g/mol. The van der Waals surface area contributed by atoms with E-state index in [1.165, 1.54) is 16.8 Å². The Hall–Kier alpha value is -3.22. The molecule has 7 heteroatoms. The summed E-state index contributed by atoms with van der Waals surface area (Å²) in [5.74, 6) is -0.151. The third-order valence-electron chi connectivity index (χ3n) is 4.48. The number of nitrogens with zero attached hydrogens (tertiary/aromatic N) is 2. The van der Waals surface area contributed by atoms with Crippen molar-refractivity contribution in [1.82, 2.24) is 19.9 Å². The monoisotopic (exact) mass is 366 g/mol. The fourth-order valence-corrected chi connectivity index (χ4v) is 2.97. The first-order chi connectivity index (χ1) is 13.0. The van der Waals surface area contributed by atoms with Gasteiger partial charge in [-0.2, -0.15) is 0 Å². The van der Waals surface area contributed by atoms with Gasteiger partial charge in [-0.25, -0.2) is 9.78 Å². The van der Waals surface area contributed by atoms with Crippen molar-refractivity contribution >= 4 is 16.9 Å². The van der Waals surface area contributed by atoms with E-state index in [1.807, 2.05) is 44.2 Å². The van der Waals surface area contributed by atoms with Crippen molar-refractivity contribution in [2.75, 3.05) is 6.54 Å². The van der Waals surface area contributed by atoms with Gasteiger partial charge < -0.3 is 5.32 Å². The summed E-state index contributed by atoms with van der Waals surface area (Å²) in [4.78, 5) is 43.1. The summed E-state index contributed by atoms with van der Waals surface area (Å²) in [6, 6.07) is 11.4. The molecule has 3 aromatic rings. The molecule has 0 aliphatic carbocycles. The van der Waals surface area contributed by atoms with Crippen LogP contribution in [0.2, 0.25) is 0 Å². The number of carbonyl (C=O) groups excluding carboxylic acids is 1. The van der Waals surface area contributed by atoms with Crippen LogP contribution in [0.5, 0.6) is 0 Å². The molecule has 0 bridgehead atoms. The number of aromatic nitrogens is 3. The van der Waals surface area contributed by atoms with Crippen LogP contribution in [-0.4, -0.2) is 27.0 Å². The van der Waals surface area contributed by atoms with Crippen LogP contribution in [0.15, 0.2) is 52.2 Å². The molecular formula is C20H22N4O3. The summed E-state index contributed by atoms with van der Waals surface area (Å²) < 4.78 is 1.41. The zero-order chi connectivity index (χ0) is 19.4. The molecule has 3 rings (SSSR count). The first kappa shape index (κ1) is 18.6. The maximum absolute atomic E-state index is 12.5. The number of aromatic amines is 1. The van der Waals surface area contributed by atoms with E-state index in [2.05, 4.69) is 15.3 Å². The lowest BCUT2D eigenvalue weighted by molar-refractivity contribution is 0.0951. The van der Waals surface area contributed by atoms with E-state index < -0.39 is 11.2 Å². The number of benzene rings is 1. The first-order valence-corrected chi connectivity index (χ1v) is 8.97. The number of H-pyrrole nitrogens is 1. The highest BCUT2D eigenvalue weighted by Crippen LogP contribution is 2.14. The highest BCUT2D eigenvalue weighted by Gasteiger charge is 2.14. The molecule has 140 valence electrons. The van der Waals surface area contributed by atoms with Crippen molar-refractivity contribution in [1.29, 1.82) is 0 Å². The van der Waals surface area contributed by atoms with E-state index in [0.717, 1.165) is 12.0 Å². The second kappa shape index (κ2) is 7.99. The molecule has 2 heterocycles. The number of hydrogen-bond acceptors (Lipinski definition) is 4. The van der Waals surface area contributed by atoms with Gasteiger partial charge in [0.25, 0.3) is 11.5 Å². The molecule has 0 saturated heterocycles. The average Bonchev–Trinajstić information content (AvgIpc) is 2.69. The number of amides is 1. The first-order valence-electron chi connectivity index (χ1n) is 8.97. The number of carbonyl (C=O) groups is 1. The van der Waals surface area contributed by atoms with Gasteiger partial charge in [-0.3, -0.25) is 19.1 Å². The van der Waals surface area contributed by atoms with Crippen molar-refractivity contribution in [2.45, 2.75) is 32.7 Å². The van der Waals surface area contributed by atoms with Gasteiger partial charge in [0.05, 0.1) is 10.9 Å². The van der Waals surface area contributed by atoms with E-state index >= 15 is 0 Å². The molecule has 27 heavy (non-hydrogen) atoms. The maximum atomic E-state index is 12.5. The quantitative estimate of drug-likeness (QED) is 0.697. The molecule has 2 aromatic heterocycles. The molecule has 0 aliphatic rings. The van der Waals surface area contributed by atoms with Crippen molar-refractivity contribution in [3.8, 4) is 0 Å². The van der Waals surface area contributed by atoms with Gasteiger partial charge in [-0.1, -0.05) is 44.2 Å². The topological polar surface area (TPSA) is 96.9 Å². The Balaban J connectivity index is 1.83. The minimum absolute atomic E-state index is 0.154. The molecule has 0 aliphatic heterocycles. The van der Waals surface area contributed by atoms with Gasteiger partial charge in [0.15, 0.2) is 0 Å². The van der Waals surface area contributed by atoms with E-state index in [0.29, 0.717) is 18.7 Å². The SMILES string of the molecule is CCCn1c(=O)[nH]c(=O)c2cc(C(=O)NCC(C)c3ccccc3)cnc21. The molecule has 1 amide bonds. The summed E-state index contributed by atoms with van der Waals surface area (Å²) in [6.45, 7) is 4.87. The fraction of sp³-hybridized carbons (Fsp3) is 0.300. The second-order valence-corrected chi connectivity index (χ2v) is 6.53. The van der Waals surface area contributed by atoms with Crippen LogP contribution in [0.1, 0.15) is 42.1 Å². The zero-order valence-corrected chi connectivity index (χ0v) is 15.4. The summed E-state index contributed by atoms with van der Waals surface area (Å²) in [5.41, 5.74) is 0.683. The molecule has 0 radical (unpaired) electrons. The third-order valence-corrected chi connectivity index (χ3v) is 4.48. The molecule has 0 saturated carbocycles. The van der Waals surface area contributed by atoms with Gasteiger partial charge in [0.1, 0.15) is 5.65 Å². The maximum Gasteiger partial charge on any atom is 0.329 e. The smallest absolute Gasteiger partial charge is 0.329 e. The lowest BCUT2D eigenvalue weighted by Crippen LogP contribution is -2.32. The highest BCUT2D eigenvalue weighted by atomic mass is 16.2. The van der Waals surface area contributed by atoms with E-state index in [4.69, 9.17) is 0 Å². The van der Waals surface area contributed by atoms with E-state index in [1.54, 1.807) is 0 Å². The summed E-state index contributed by atoms with van der Waals surface area (Å²) in [5, 5.41) is 3.10. The van der Waals surface area contributed by atoms with E-state index in [9.17, 15) is 14.4 Å². The number of hydrogen-bond donors (Lipinski definition) is 2. The molecule has 0 fully saturated rings. The molecule has 0 spiro atoms. The van der Waals surface area contributed by atoms with Crippen LogP contribution in [0, 0.1) is 0 Å². The van der Waals surface area contributed by atoms with Crippen molar-refractivity contribution in [3.63, 3.8) is 0 Å². The highest BCUT2D eigenvalue weighted by molar-refractivity contribution is 5.96. The van der Waals surface area contributed by atoms with Crippen LogP contribution in [-0.2, 0) is 6.54 Å². The minimum atomic E-state index is -0.540. The molecule has 7 nitrogen and oxygen atoms in total. The van der Waals surface area contributed by atoms with Gasteiger partial charge in [0, 0.05) is 19.3 Å². The predicted molar refractivity (Wildman–Crippen MR) is 104 cm³/mol. The lowest BCUT2D eigenvalue weighted by atomic mass is 10.0. The van der Waals surface area contributed by atoms with Gasteiger partial charge in [-0.15, -0.1) is 0 Å². The Bertz CT molecular complexity index is 1070. The Labute approximate surface area is 156 Å². The lowest BCUT2D eigenvalue weighted by Gasteiger charge is -2.13. The number of aryl methyl sites for hydroxylation is 1. The van der Waals surface area contributed by atoms with Crippen molar-refractivity contribution in [2.24, 2.45) is 0 Å².